The lowest BCUT2D eigenvalue weighted by atomic mass is 10.1. The van der Waals surface area contributed by atoms with Crippen LogP contribution >= 0.6 is 0 Å². The molecule has 1 aliphatic heterocycles. The molecule has 1 saturated heterocycles. The Balaban J connectivity index is 1.97. The van der Waals surface area contributed by atoms with Gasteiger partial charge in [-0.1, -0.05) is 0 Å². The van der Waals surface area contributed by atoms with E-state index in [2.05, 4.69) is 17.9 Å². The molecule has 0 saturated carbocycles. The summed E-state index contributed by atoms with van der Waals surface area (Å²) in [4.78, 5) is 6.99. The fourth-order valence-electron chi connectivity index (χ4n) is 2.97. The molecule has 1 atom stereocenters. The summed E-state index contributed by atoms with van der Waals surface area (Å²) in [5, 5.41) is 9.37. The first-order valence-corrected chi connectivity index (χ1v) is 7.07. The highest BCUT2D eigenvalue weighted by Gasteiger charge is 2.22. The molecule has 4 nitrogen and oxygen atoms in total. The number of pyridine rings is 1. The fourth-order valence-corrected chi connectivity index (χ4v) is 2.97. The predicted octanol–water partition coefficient (Wildman–Crippen LogP) is 2.06. The minimum absolute atomic E-state index is 0.198. The summed E-state index contributed by atoms with van der Waals surface area (Å²) in [6, 6.07) is 4.36. The molecule has 0 radical (unpaired) electrons. The van der Waals surface area contributed by atoms with Crippen molar-refractivity contribution in [3.8, 4) is 6.07 Å². The number of hydrogen-bond acceptors (Lipinski definition) is 4. The zero-order chi connectivity index (χ0) is 13.2. The van der Waals surface area contributed by atoms with E-state index in [-0.39, 0.29) is 6.10 Å². The Kier molecular flexibility index (Phi) is 3.39. The van der Waals surface area contributed by atoms with Crippen LogP contribution in [0.15, 0.2) is 6.07 Å². The molecular weight excluding hydrogens is 238 g/mol. The summed E-state index contributed by atoms with van der Waals surface area (Å²) < 4.78 is 5.67. The second-order valence-electron chi connectivity index (χ2n) is 5.41. The zero-order valence-electron chi connectivity index (χ0n) is 11.4. The van der Waals surface area contributed by atoms with E-state index >= 15 is 0 Å². The number of anilines is 1. The van der Waals surface area contributed by atoms with Crippen LogP contribution in [0, 0.1) is 11.3 Å². The molecule has 1 unspecified atom stereocenters. The number of aryl methyl sites for hydroxylation is 2. The van der Waals surface area contributed by atoms with Crippen molar-refractivity contribution in [1.82, 2.24) is 4.98 Å². The Morgan fingerprint density at radius 2 is 2.32 bits per heavy atom. The van der Waals surface area contributed by atoms with Crippen molar-refractivity contribution in [3.63, 3.8) is 0 Å². The second-order valence-corrected chi connectivity index (χ2v) is 5.41. The Bertz CT molecular complexity index is 521. The van der Waals surface area contributed by atoms with Crippen molar-refractivity contribution in [3.05, 3.63) is 22.9 Å². The van der Waals surface area contributed by atoms with Gasteiger partial charge < -0.3 is 9.64 Å². The molecule has 0 N–H and O–H groups in total. The van der Waals surface area contributed by atoms with E-state index in [1.165, 1.54) is 11.3 Å². The van der Waals surface area contributed by atoms with Gasteiger partial charge in [0.15, 0.2) is 0 Å². The number of aromatic nitrogens is 1. The quantitative estimate of drug-likeness (QED) is 0.772. The molecule has 1 aromatic rings. The van der Waals surface area contributed by atoms with Crippen LogP contribution in [0.2, 0.25) is 0 Å². The summed E-state index contributed by atoms with van der Waals surface area (Å²) >= 11 is 0. The van der Waals surface area contributed by atoms with Gasteiger partial charge in [-0.05, 0) is 44.2 Å². The molecule has 3 rings (SSSR count). The highest BCUT2D eigenvalue weighted by atomic mass is 16.5. The standard InChI is InChI=1S/C15H19N3O/c1-11-10-18(6-3-7-19-11)15-13(9-16)8-12-4-2-5-14(12)17-15/h8,11H,2-7,10H2,1H3. The first-order chi connectivity index (χ1) is 9.28. The smallest absolute Gasteiger partial charge is 0.146 e. The van der Waals surface area contributed by atoms with Crippen molar-refractivity contribution < 1.29 is 4.74 Å². The van der Waals surface area contributed by atoms with Crippen LogP contribution in [0.5, 0.6) is 0 Å². The minimum Gasteiger partial charge on any atom is -0.377 e. The van der Waals surface area contributed by atoms with E-state index in [0.29, 0.717) is 0 Å². The summed E-state index contributed by atoms with van der Waals surface area (Å²) in [7, 11) is 0. The van der Waals surface area contributed by atoms with Crippen LogP contribution in [0.4, 0.5) is 5.82 Å². The lowest BCUT2D eigenvalue weighted by Crippen LogP contribution is -2.31. The Hall–Kier alpha value is -1.60. The average molecular weight is 257 g/mol. The third-order valence-corrected chi connectivity index (χ3v) is 3.90. The molecule has 2 aliphatic rings. The van der Waals surface area contributed by atoms with E-state index in [1.807, 2.05) is 6.07 Å². The summed E-state index contributed by atoms with van der Waals surface area (Å²) in [6.45, 7) is 4.62. The van der Waals surface area contributed by atoms with Crippen molar-refractivity contribution in [1.29, 1.82) is 5.26 Å². The van der Waals surface area contributed by atoms with Crippen LogP contribution in [0.1, 0.15) is 36.6 Å². The van der Waals surface area contributed by atoms with Crippen molar-refractivity contribution >= 4 is 5.82 Å². The third kappa shape index (κ3) is 2.43. The maximum atomic E-state index is 9.37. The van der Waals surface area contributed by atoms with Crippen LogP contribution in [0.25, 0.3) is 0 Å². The minimum atomic E-state index is 0.198. The van der Waals surface area contributed by atoms with E-state index in [0.717, 1.165) is 56.8 Å². The third-order valence-electron chi connectivity index (χ3n) is 3.90. The monoisotopic (exact) mass is 257 g/mol. The first kappa shape index (κ1) is 12.4. The van der Waals surface area contributed by atoms with Gasteiger partial charge in [-0.25, -0.2) is 4.98 Å². The number of fused-ring (bicyclic) bond motifs is 1. The van der Waals surface area contributed by atoms with E-state index in [4.69, 9.17) is 9.72 Å². The molecule has 0 spiro atoms. The number of nitriles is 1. The largest absolute Gasteiger partial charge is 0.377 e. The van der Waals surface area contributed by atoms with Gasteiger partial charge in [0.1, 0.15) is 11.9 Å². The van der Waals surface area contributed by atoms with Crippen LogP contribution in [0.3, 0.4) is 0 Å². The lowest BCUT2D eigenvalue weighted by Gasteiger charge is -2.24. The Morgan fingerprint density at radius 3 is 3.16 bits per heavy atom. The normalized spacial score (nSPS) is 22.7. The van der Waals surface area contributed by atoms with Crippen molar-refractivity contribution in [2.75, 3.05) is 24.6 Å². The SMILES string of the molecule is CC1CN(c2nc3c(cc2C#N)CCC3)CCCO1. The Morgan fingerprint density at radius 1 is 1.42 bits per heavy atom. The van der Waals surface area contributed by atoms with Gasteiger partial charge in [0.05, 0.1) is 11.7 Å². The zero-order valence-corrected chi connectivity index (χ0v) is 11.4. The lowest BCUT2D eigenvalue weighted by molar-refractivity contribution is 0.0820. The molecule has 2 heterocycles. The average Bonchev–Trinajstić information content (AvgIpc) is 2.77. The maximum absolute atomic E-state index is 9.37. The van der Waals surface area contributed by atoms with Crippen LogP contribution in [-0.4, -0.2) is 30.8 Å². The second kappa shape index (κ2) is 5.18. The number of ether oxygens (including phenoxy) is 1. The number of hydrogen-bond donors (Lipinski definition) is 0. The molecule has 4 heteroatoms. The molecule has 0 amide bonds. The molecule has 1 fully saturated rings. The molecule has 0 bridgehead atoms. The van der Waals surface area contributed by atoms with Crippen LogP contribution in [-0.2, 0) is 17.6 Å². The topological polar surface area (TPSA) is 49.2 Å². The van der Waals surface area contributed by atoms with Gasteiger partial charge in [-0.2, -0.15) is 5.26 Å². The Labute approximate surface area is 114 Å². The molecule has 100 valence electrons. The summed E-state index contributed by atoms with van der Waals surface area (Å²) in [5.74, 6) is 0.862. The predicted molar refractivity (Wildman–Crippen MR) is 73.2 cm³/mol. The number of rotatable bonds is 1. The van der Waals surface area contributed by atoms with Gasteiger partial charge in [0, 0.05) is 25.4 Å². The van der Waals surface area contributed by atoms with Gasteiger partial charge in [0.25, 0.3) is 0 Å². The number of nitrogens with zero attached hydrogens (tertiary/aromatic N) is 3. The van der Waals surface area contributed by atoms with Gasteiger partial charge in [-0.3, -0.25) is 0 Å². The van der Waals surface area contributed by atoms with E-state index in [9.17, 15) is 5.26 Å². The summed E-state index contributed by atoms with van der Waals surface area (Å²) in [5.41, 5.74) is 3.17. The van der Waals surface area contributed by atoms with Crippen molar-refractivity contribution in [2.45, 2.75) is 38.7 Å². The maximum Gasteiger partial charge on any atom is 0.146 e. The van der Waals surface area contributed by atoms with E-state index in [1.54, 1.807) is 0 Å². The van der Waals surface area contributed by atoms with E-state index < -0.39 is 0 Å². The highest BCUT2D eigenvalue weighted by Crippen LogP contribution is 2.27. The molecule has 0 aromatic carbocycles. The highest BCUT2D eigenvalue weighted by molar-refractivity contribution is 5.57. The fraction of sp³-hybridized carbons (Fsp3) is 0.600. The van der Waals surface area contributed by atoms with Gasteiger partial charge in [0.2, 0.25) is 0 Å². The molecule has 1 aromatic heterocycles. The summed E-state index contributed by atoms with van der Waals surface area (Å²) in [6.07, 6.45) is 4.47. The van der Waals surface area contributed by atoms with Crippen LogP contribution < -0.4 is 4.90 Å². The van der Waals surface area contributed by atoms with Gasteiger partial charge in [-0.15, -0.1) is 0 Å². The molecule has 1 aliphatic carbocycles. The first-order valence-electron chi connectivity index (χ1n) is 7.07. The molecular formula is C15H19N3O. The van der Waals surface area contributed by atoms with Crippen molar-refractivity contribution in [2.24, 2.45) is 0 Å². The van der Waals surface area contributed by atoms with Gasteiger partial charge >= 0.3 is 0 Å². The molecule has 19 heavy (non-hydrogen) atoms.